The average Bonchev–Trinajstić information content (AvgIpc) is 2.53. The van der Waals surface area contributed by atoms with Crippen LogP contribution in [0.4, 0.5) is 0 Å². The zero-order valence-corrected chi connectivity index (χ0v) is 15.2. The summed E-state index contributed by atoms with van der Waals surface area (Å²) in [5.41, 5.74) is 1.23. The number of hydrogen-bond acceptors (Lipinski definition) is 3. The van der Waals surface area contributed by atoms with Crippen LogP contribution >= 0.6 is 12.4 Å². The molecular formula is C18H29ClN2O2. The molecule has 1 fully saturated rings. The maximum atomic E-state index is 12.3. The highest BCUT2D eigenvalue weighted by Crippen LogP contribution is 2.20. The van der Waals surface area contributed by atoms with Crippen LogP contribution in [0.1, 0.15) is 38.2 Å². The Morgan fingerprint density at radius 2 is 2.22 bits per heavy atom. The Balaban J connectivity index is 0.00000264. The van der Waals surface area contributed by atoms with E-state index in [0.717, 1.165) is 31.8 Å². The van der Waals surface area contributed by atoms with E-state index < -0.39 is 0 Å². The van der Waals surface area contributed by atoms with Crippen LogP contribution in [0.3, 0.4) is 0 Å². The van der Waals surface area contributed by atoms with Crippen LogP contribution in [-0.4, -0.2) is 44.1 Å². The van der Waals surface area contributed by atoms with Gasteiger partial charge in [-0.2, -0.15) is 0 Å². The van der Waals surface area contributed by atoms with E-state index in [0.29, 0.717) is 11.8 Å². The number of likely N-dealkylation sites (tertiary alicyclic amines) is 1. The Bertz CT molecular complexity index is 492. The van der Waals surface area contributed by atoms with Gasteiger partial charge in [0.25, 0.3) is 5.91 Å². The van der Waals surface area contributed by atoms with Crippen molar-refractivity contribution >= 4 is 18.3 Å². The number of carbonyl (C=O) groups excluding carboxylic acids is 1. The molecule has 1 N–H and O–H groups in total. The van der Waals surface area contributed by atoms with Crippen LogP contribution in [0.25, 0.3) is 0 Å². The van der Waals surface area contributed by atoms with Gasteiger partial charge in [0.2, 0.25) is 0 Å². The molecular weight excluding hydrogens is 312 g/mol. The predicted octanol–water partition coefficient (Wildman–Crippen LogP) is 3.07. The minimum atomic E-state index is 0. The van der Waals surface area contributed by atoms with Gasteiger partial charge in [-0.3, -0.25) is 4.79 Å². The van der Waals surface area contributed by atoms with Gasteiger partial charge in [-0.25, -0.2) is 0 Å². The van der Waals surface area contributed by atoms with E-state index in [4.69, 9.17) is 4.74 Å². The number of amides is 1. The van der Waals surface area contributed by atoms with E-state index in [-0.39, 0.29) is 24.9 Å². The third-order valence-corrected chi connectivity index (χ3v) is 4.25. The Morgan fingerprint density at radius 3 is 2.91 bits per heavy atom. The average molecular weight is 341 g/mol. The Morgan fingerprint density at radius 1 is 1.43 bits per heavy atom. The minimum absolute atomic E-state index is 0. The maximum absolute atomic E-state index is 12.3. The summed E-state index contributed by atoms with van der Waals surface area (Å²) in [5, 5.41) is 3.20. The Kier molecular flexibility index (Phi) is 8.42. The molecule has 0 bridgehead atoms. The van der Waals surface area contributed by atoms with E-state index in [1.165, 1.54) is 12.0 Å². The number of piperidine rings is 1. The van der Waals surface area contributed by atoms with Gasteiger partial charge in [0, 0.05) is 13.1 Å². The summed E-state index contributed by atoms with van der Waals surface area (Å²) < 4.78 is 5.70. The second-order valence-corrected chi connectivity index (χ2v) is 6.42. The van der Waals surface area contributed by atoms with Crippen LogP contribution in [0.2, 0.25) is 0 Å². The number of nitrogens with one attached hydrogen (secondary N) is 1. The van der Waals surface area contributed by atoms with Crippen molar-refractivity contribution in [1.29, 1.82) is 0 Å². The van der Waals surface area contributed by atoms with Crippen molar-refractivity contribution in [1.82, 2.24) is 10.2 Å². The molecule has 1 aliphatic rings. The Labute approximate surface area is 146 Å². The van der Waals surface area contributed by atoms with Crippen molar-refractivity contribution in [2.24, 2.45) is 5.92 Å². The van der Waals surface area contributed by atoms with E-state index in [9.17, 15) is 4.79 Å². The highest BCUT2D eigenvalue weighted by molar-refractivity contribution is 5.85. The molecule has 0 radical (unpaired) electrons. The first-order valence-electron chi connectivity index (χ1n) is 8.25. The summed E-state index contributed by atoms with van der Waals surface area (Å²) >= 11 is 0. The fraction of sp³-hybridized carbons (Fsp3) is 0.611. The molecule has 0 aliphatic carbocycles. The van der Waals surface area contributed by atoms with E-state index >= 15 is 0 Å². The number of ether oxygens (including phenoxy) is 1. The van der Waals surface area contributed by atoms with Crippen LogP contribution < -0.4 is 10.1 Å². The normalized spacial score (nSPS) is 17.7. The van der Waals surface area contributed by atoms with Crippen molar-refractivity contribution in [2.45, 2.75) is 32.6 Å². The summed E-state index contributed by atoms with van der Waals surface area (Å²) in [6.07, 6.45) is 2.28. The Hall–Kier alpha value is -1.26. The third-order valence-electron chi connectivity index (χ3n) is 4.25. The zero-order chi connectivity index (χ0) is 15.9. The molecule has 2 rings (SSSR count). The molecule has 1 heterocycles. The van der Waals surface area contributed by atoms with Crippen molar-refractivity contribution in [3.05, 3.63) is 29.8 Å². The lowest BCUT2D eigenvalue weighted by Crippen LogP contribution is -2.44. The largest absolute Gasteiger partial charge is 0.484 e. The van der Waals surface area contributed by atoms with Crippen molar-refractivity contribution < 1.29 is 9.53 Å². The SMILES string of the molecule is CNCC1CCCN(C(=O)COc2cccc(C(C)C)c2)C1.Cl. The van der Waals surface area contributed by atoms with E-state index in [1.54, 1.807) is 0 Å². The lowest BCUT2D eigenvalue weighted by Gasteiger charge is -2.32. The second kappa shape index (κ2) is 9.78. The summed E-state index contributed by atoms with van der Waals surface area (Å²) in [5.74, 6) is 1.90. The predicted molar refractivity (Wildman–Crippen MR) is 96.5 cm³/mol. The molecule has 1 saturated heterocycles. The first-order valence-corrected chi connectivity index (χ1v) is 8.25. The van der Waals surface area contributed by atoms with Crippen LogP contribution in [-0.2, 0) is 4.79 Å². The van der Waals surface area contributed by atoms with E-state index in [1.807, 2.05) is 30.1 Å². The molecule has 1 unspecified atom stereocenters. The monoisotopic (exact) mass is 340 g/mol. The first kappa shape index (κ1) is 19.8. The van der Waals surface area contributed by atoms with Gasteiger partial charge in [0.1, 0.15) is 5.75 Å². The molecule has 1 amide bonds. The highest BCUT2D eigenvalue weighted by Gasteiger charge is 2.23. The molecule has 0 saturated carbocycles. The molecule has 23 heavy (non-hydrogen) atoms. The third kappa shape index (κ3) is 6.04. The molecule has 1 aromatic carbocycles. The number of benzene rings is 1. The van der Waals surface area contributed by atoms with Crippen molar-refractivity contribution in [2.75, 3.05) is 33.3 Å². The van der Waals surface area contributed by atoms with Crippen LogP contribution in [0.5, 0.6) is 5.75 Å². The molecule has 4 nitrogen and oxygen atoms in total. The number of hydrogen-bond donors (Lipinski definition) is 1. The number of carbonyl (C=O) groups is 1. The fourth-order valence-electron chi connectivity index (χ4n) is 2.95. The maximum Gasteiger partial charge on any atom is 0.260 e. The zero-order valence-electron chi connectivity index (χ0n) is 14.4. The number of halogens is 1. The van der Waals surface area contributed by atoms with Gasteiger partial charge >= 0.3 is 0 Å². The van der Waals surface area contributed by atoms with Gasteiger partial charge < -0.3 is 15.0 Å². The van der Waals surface area contributed by atoms with Crippen LogP contribution in [0, 0.1) is 5.92 Å². The van der Waals surface area contributed by atoms with Gasteiger partial charge in [-0.05, 0) is 56.0 Å². The smallest absolute Gasteiger partial charge is 0.260 e. The van der Waals surface area contributed by atoms with Gasteiger partial charge in [0.05, 0.1) is 0 Å². The van der Waals surface area contributed by atoms with Gasteiger partial charge in [-0.15, -0.1) is 12.4 Å². The quantitative estimate of drug-likeness (QED) is 0.865. The summed E-state index contributed by atoms with van der Waals surface area (Å²) in [7, 11) is 1.96. The fourth-order valence-corrected chi connectivity index (χ4v) is 2.95. The molecule has 0 aromatic heterocycles. The standard InChI is InChI=1S/C18H28N2O2.ClH/c1-14(2)16-7-4-8-17(10-16)22-13-18(21)20-9-5-6-15(12-20)11-19-3;/h4,7-8,10,14-15,19H,5-6,9,11-13H2,1-3H3;1H. The molecule has 1 atom stereocenters. The van der Waals surface area contributed by atoms with Gasteiger partial charge in [0.15, 0.2) is 6.61 Å². The molecule has 1 aromatic rings. The van der Waals surface area contributed by atoms with E-state index in [2.05, 4.69) is 25.2 Å². The van der Waals surface area contributed by atoms with Crippen molar-refractivity contribution in [3.8, 4) is 5.75 Å². The highest BCUT2D eigenvalue weighted by atomic mass is 35.5. The molecule has 0 spiro atoms. The first-order chi connectivity index (χ1) is 10.6. The molecule has 130 valence electrons. The summed E-state index contributed by atoms with van der Waals surface area (Å²) in [6, 6.07) is 8.02. The number of nitrogens with zero attached hydrogens (tertiary/aromatic N) is 1. The minimum Gasteiger partial charge on any atom is -0.484 e. The van der Waals surface area contributed by atoms with Crippen molar-refractivity contribution in [3.63, 3.8) is 0 Å². The van der Waals surface area contributed by atoms with Gasteiger partial charge in [-0.1, -0.05) is 26.0 Å². The lowest BCUT2D eigenvalue weighted by atomic mass is 9.98. The molecule has 1 aliphatic heterocycles. The van der Waals surface area contributed by atoms with Crippen LogP contribution in [0.15, 0.2) is 24.3 Å². The second-order valence-electron chi connectivity index (χ2n) is 6.42. The lowest BCUT2D eigenvalue weighted by molar-refractivity contribution is -0.135. The topological polar surface area (TPSA) is 41.6 Å². The summed E-state index contributed by atoms with van der Waals surface area (Å²) in [6.45, 7) is 7.11. The number of rotatable bonds is 6. The summed E-state index contributed by atoms with van der Waals surface area (Å²) in [4.78, 5) is 14.3. The molecule has 5 heteroatoms.